The molecule has 1 amide bonds. The maximum atomic E-state index is 12.1. The molecule has 0 heterocycles. The van der Waals surface area contributed by atoms with Crippen molar-refractivity contribution in [1.29, 1.82) is 0 Å². The number of para-hydroxylation sites is 1. The largest absolute Gasteiger partial charge is 0.573 e. The SMILES string of the molecule is O=C(CCCl)NCc1ccccc1OC(F)(F)F. The van der Waals surface area contributed by atoms with Gasteiger partial charge in [-0.3, -0.25) is 4.79 Å². The van der Waals surface area contributed by atoms with Gasteiger partial charge in [0, 0.05) is 24.4 Å². The summed E-state index contributed by atoms with van der Waals surface area (Å²) < 4.78 is 40.2. The molecule has 0 saturated heterocycles. The van der Waals surface area contributed by atoms with Gasteiger partial charge in [0.15, 0.2) is 0 Å². The number of ether oxygens (including phenoxy) is 1. The Kier molecular flexibility index (Phi) is 5.27. The fraction of sp³-hybridized carbons (Fsp3) is 0.364. The van der Waals surface area contributed by atoms with E-state index in [2.05, 4.69) is 10.1 Å². The molecule has 0 atom stereocenters. The number of amides is 1. The molecule has 0 fully saturated rings. The standard InChI is InChI=1S/C11H11ClF3NO2/c12-6-5-10(17)16-7-8-3-1-2-4-9(8)18-11(13,14)15/h1-4H,5-7H2,(H,16,17). The van der Waals surface area contributed by atoms with Gasteiger partial charge in [0.1, 0.15) is 5.75 Å². The van der Waals surface area contributed by atoms with Gasteiger partial charge in [-0.15, -0.1) is 24.8 Å². The molecule has 1 rings (SSSR count). The van der Waals surface area contributed by atoms with E-state index in [0.29, 0.717) is 0 Å². The third kappa shape index (κ3) is 5.27. The topological polar surface area (TPSA) is 38.3 Å². The molecule has 1 aromatic carbocycles. The molecule has 0 aliphatic carbocycles. The van der Waals surface area contributed by atoms with Gasteiger partial charge < -0.3 is 10.1 Å². The lowest BCUT2D eigenvalue weighted by atomic mass is 10.2. The van der Waals surface area contributed by atoms with Crippen LogP contribution in [0.3, 0.4) is 0 Å². The molecule has 100 valence electrons. The van der Waals surface area contributed by atoms with E-state index in [9.17, 15) is 18.0 Å². The molecule has 1 aromatic rings. The first-order chi connectivity index (χ1) is 8.42. The Labute approximate surface area is 107 Å². The zero-order chi connectivity index (χ0) is 13.6. The van der Waals surface area contributed by atoms with Gasteiger partial charge in [-0.25, -0.2) is 0 Å². The third-order valence-electron chi connectivity index (χ3n) is 2.00. The summed E-state index contributed by atoms with van der Waals surface area (Å²) in [6.45, 7) is -0.0397. The Hall–Kier alpha value is -1.43. The molecular weight excluding hydrogens is 271 g/mol. The van der Waals surface area contributed by atoms with Crippen molar-refractivity contribution in [2.24, 2.45) is 0 Å². The van der Waals surface area contributed by atoms with E-state index in [1.54, 1.807) is 6.07 Å². The first-order valence-corrected chi connectivity index (χ1v) is 5.62. The van der Waals surface area contributed by atoms with Crippen molar-refractivity contribution in [1.82, 2.24) is 5.32 Å². The number of hydrogen-bond acceptors (Lipinski definition) is 2. The van der Waals surface area contributed by atoms with Crippen molar-refractivity contribution >= 4 is 17.5 Å². The van der Waals surface area contributed by atoms with Gasteiger partial charge in [-0.1, -0.05) is 18.2 Å². The lowest BCUT2D eigenvalue weighted by Crippen LogP contribution is -2.24. The number of hydrogen-bond donors (Lipinski definition) is 1. The number of carbonyl (C=O) groups is 1. The van der Waals surface area contributed by atoms with Crippen LogP contribution in [0.2, 0.25) is 0 Å². The van der Waals surface area contributed by atoms with E-state index >= 15 is 0 Å². The summed E-state index contributed by atoms with van der Waals surface area (Å²) in [6.07, 6.45) is -4.64. The van der Waals surface area contributed by atoms with Crippen LogP contribution in [0.25, 0.3) is 0 Å². The Bertz CT molecular complexity index is 410. The summed E-state index contributed by atoms with van der Waals surface area (Å²) >= 11 is 5.36. The average molecular weight is 282 g/mol. The van der Waals surface area contributed by atoms with Crippen molar-refractivity contribution in [3.63, 3.8) is 0 Å². The molecule has 0 aliphatic heterocycles. The van der Waals surface area contributed by atoms with Crippen LogP contribution in [0.15, 0.2) is 24.3 Å². The van der Waals surface area contributed by atoms with E-state index < -0.39 is 6.36 Å². The maximum absolute atomic E-state index is 12.1. The Morgan fingerprint density at radius 2 is 2.00 bits per heavy atom. The summed E-state index contributed by atoms with van der Waals surface area (Å²) in [7, 11) is 0. The van der Waals surface area contributed by atoms with E-state index in [-0.39, 0.29) is 36.1 Å². The molecule has 3 nitrogen and oxygen atoms in total. The highest BCUT2D eigenvalue weighted by Crippen LogP contribution is 2.25. The van der Waals surface area contributed by atoms with Crippen LogP contribution in [0.1, 0.15) is 12.0 Å². The van der Waals surface area contributed by atoms with Gasteiger partial charge in [0.2, 0.25) is 5.91 Å². The third-order valence-corrected chi connectivity index (χ3v) is 2.18. The van der Waals surface area contributed by atoms with Gasteiger partial charge >= 0.3 is 6.36 Å². The number of alkyl halides is 4. The van der Waals surface area contributed by atoms with E-state index in [1.807, 2.05) is 0 Å². The minimum atomic E-state index is -4.75. The number of carbonyl (C=O) groups excluding carboxylic acids is 1. The second-order valence-corrected chi connectivity index (χ2v) is 3.75. The van der Waals surface area contributed by atoms with Crippen LogP contribution in [-0.4, -0.2) is 18.1 Å². The van der Waals surface area contributed by atoms with E-state index in [0.717, 1.165) is 0 Å². The molecular formula is C11H11ClF3NO2. The maximum Gasteiger partial charge on any atom is 0.573 e. The average Bonchev–Trinajstić information content (AvgIpc) is 2.26. The van der Waals surface area contributed by atoms with Crippen LogP contribution < -0.4 is 10.1 Å². The highest BCUT2D eigenvalue weighted by molar-refractivity contribution is 6.18. The molecule has 0 bridgehead atoms. The molecule has 18 heavy (non-hydrogen) atoms. The summed E-state index contributed by atoms with van der Waals surface area (Å²) in [5, 5.41) is 2.46. The van der Waals surface area contributed by atoms with Crippen molar-refractivity contribution in [2.45, 2.75) is 19.3 Å². The summed E-state index contributed by atoms with van der Waals surface area (Å²) in [6, 6.07) is 5.62. The number of nitrogens with one attached hydrogen (secondary N) is 1. The molecule has 0 radical (unpaired) electrons. The molecule has 1 N–H and O–H groups in total. The fourth-order valence-corrected chi connectivity index (χ4v) is 1.41. The molecule has 0 spiro atoms. The van der Waals surface area contributed by atoms with Crippen molar-refractivity contribution in [2.75, 3.05) is 5.88 Å². The summed E-state index contributed by atoms with van der Waals surface area (Å²) in [5.74, 6) is -0.491. The first kappa shape index (κ1) is 14.6. The minimum Gasteiger partial charge on any atom is -0.405 e. The highest BCUT2D eigenvalue weighted by Gasteiger charge is 2.31. The Balaban J connectivity index is 2.67. The monoisotopic (exact) mass is 281 g/mol. The summed E-state index contributed by atoms with van der Waals surface area (Å²) in [4.78, 5) is 11.2. The fourth-order valence-electron chi connectivity index (χ4n) is 1.24. The lowest BCUT2D eigenvalue weighted by Gasteiger charge is -2.13. The van der Waals surface area contributed by atoms with Crippen LogP contribution in [0.5, 0.6) is 5.75 Å². The zero-order valence-corrected chi connectivity index (χ0v) is 10.0. The first-order valence-electron chi connectivity index (χ1n) is 5.08. The molecule has 0 aliphatic rings. The van der Waals surface area contributed by atoms with Crippen LogP contribution in [0.4, 0.5) is 13.2 Å². The zero-order valence-electron chi connectivity index (χ0n) is 9.26. The van der Waals surface area contributed by atoms with Crippen LogP contribution in [0, 0.1) is 0 Å². The molecule has 0 aromatic heterocycles. The molecule has 7 heteroatoms. The molecule has 0 saturated carbocycles. The van der Waals surface area contributed by atoms with Gasteiger partial charge in [0.05, 0.1) is 0 Å². The number of benzene rings is 1. The second kappa shape index (κ2) is 6.49. The van der Waals surface area contributed by atoms with Crippen molar-refractivity contribution in [3.8, 4) is 5.75 Å². The Morgan fingerprint density at radius 1 is 1.33 bits per heavy atom. The number of rotatable bonds is 5. The number of halogens is 4. The summed E-state index contributed by atoms with van der Waals surface area (Å²) in [5.41, 5.74) is 0.248. The highest BCUT2D eigenvalue weighted by atomic mass is 35.5. The van der Waals surface area contributed by atoms with E-state index in [1.165, 1.54) is 18.2 Å². The van der Waals surface area contributed by atoms with E-state index in [4.69, 9.17) is 11.6 Å². The van der Waals surface area contributed by atoms with Crippen LogP contribution >= 0.6 is 11.6 Å². The normalized spacial score (nSPS) is 11.1. The minimum absolute atomic E-state index is 0.0397. The van der Waals surface area contributed by atoms with Gasteiger partial charge in [-0.2, -0.15) is 0 Å². The smallest absolute Gasteiger partial charge is 0.405 e. The second-order valence-electron chi connectivity index (χ2n) is 3.37. The predicted molar refractivity (Wildman–Crippen MR) is 60.3 cm³/mol. The predicted octanol–water partition coefficient (Wildman–Crippen LogP) is 2.83. The quantitative estimate of drug-likeness (QED) is 0.843. The van der Waals surface area contributed by atoms with Gasteiger partial charge in [-0.05, 0) is 6.07 Å². The Morgan fingerprint density at radius 3 is 2.61 bits per heavy atom. The molecule has 0 unspecified atom stereocenters. The van der Waals surface area contributed by atoms with Crippen molar-refractivity contribution < 1.29 is 22.7 Å². The van der Waals surface area contributed by atoms with Gasteiger partial charge in [0.25, 0.3) is 0 Å². The van der Waals surface area contributed by atoms with Crippen molar-refractivity contribution in [3.05, 3.63) is 29.8 Å². The lowest BCUT2D eigenvalue weighted by molar-refractivity contribution is -0.274. The van der Waals surface area contributed by atoms with Crippen LogP contribution in [-0.2, 0) is 11.3 Å².